The lowest BCUT2D eigenvalue weighted by Crippen LogP contribution is -2.06. The van der Waals surface area contributed by atoms with Crippen LogP contribution in [0, 0.1) is 17.5 Å². The van der Waals surface area contributed by atoms with Gasteiger partial charge in [-0.1, -0.05) is 24.3 Å². The number of aromatic nitrogens is 1. The summed E-state index contributed by atoms with van der Waals surface area (Å²) in [6.07, 6.45) is 0. The molecule has 0 spiro atoms. The summed E-state index contributed by atoms with van der Waals surface area (Å²) >= 11 is 0. The first-order valence-corrected chi connectivity index (χ1v) is 6.36. The highest BCUT2D eigenvalue weighted by atomic mass is 19.1. The SMILES string of the molecule is Fc1cc(F)c(NCc2ccc3ccccc3n2)c(F)c1. The molecular formula is C16H11F3N2. The molecule has 0 radical (unpaired) electrons. The molecule has 0 atom stereocenters. The van der Waals surface area contributed by atoms with E-state index < -0.39 is 17.5 Å². The van der Waals surface area contributed by atoms with Gasteiger partial charge in [-0.05, 0) is 12.1 Å². The lowest BCUT2D eigenvalue weighted by Gasteiger charge is -2.09. The van der Waals surface area contributed by atoms with Crippen molar-refractivity contribution in [2.75, 3.05) is 5.32 Å². The minimum atomic E-state index is -0.965. The van der Waals surface area contributed by atoms with Gasteiger partial charge in [-0.2, -0.15) is 0 Å². The van der Waals surface area contributed by atoms with Crippen LogP contribution in [0.5, 0.6) is 0 Å². The largest absolute Gasteiger partial charge is 0.375 e. The van der Waals surface area contributed by atoms with Crippen LogP contribution in [0.3, 0.4) is 0 Å². The zero-order valence-electron chi connectivity index (χ0n) is 10.9. The van der Waals surface area contributed by atoms with Crippen molar-refractivity contribution in [2.45, 2.75) is 6.54 Å². The Morgan fingerprint density at radius 1 is 0.905 bits per heavy atom. The van der Waals surface area contributed by atoms with E-state index in [0.717, 1.165) is 10.9 Å². The number of hydrogen-bond acceptors (Lipinski definition) is 2. The monoisotopic (exact) mass is 288 g/mol. The van der Waals surface area contributed by atoms with Crippen LogP contribution in [-0.2, 0) is 6.54 Å². The fraction of sp³-hybridized carbons (Fsp3) is 0.0625. The van der Waals surface area contributed by atoms with Crippen LogP contribution < -0.4 is 5.32 Å². The Balaban J connectivity index is 1.83. The van der Waals surface area contributed by atoms with E-state index in [1.807, 2.05) is 30.3 Å². The predicted molar refractivity (Wildman–Crippen MR) is 75.4 cm³/mol. The van der Waals surface area contributed by atoms with Crippen molar-refractivity contribution in [3.63, 3.8) is 0 Å². The van der Waals surface area contributed by atoms with Crippen molar-refractivity contribution >= 4 is 16.6 Å². The molecule has 0 aliphatic heterocycles. The fourth-order valence-electron chi connectivity index (χ4n) is 2.10. The molecule has 1 heterocycles. The van der Waals surface area contributed by atoms with Gasteiger partial charge < -0.3 is 5.32 Å². The summed E-state index contributed by atoms with van der Waals surface area (Å²) in [7, 11) is 0. The van der Waals surface area contributed by atoms with E-state index in [9.17, 15) is 13.2 Å². The van der Waals surface area contributed by atoms with Crippen LogP contribution in [0.1, 0.15) is 5.69 Å². The molecule has 0 fully saturated rings. The summed E-state index contributed by atoms with van der Waals surface area (Å²) in [6.45, 7) is 0.143. The van der Waals surface area contributed by atoms with Gasteiger partial charge >= 0.3 is 0 Å². The Hall–Kier alpha value is -2.56. The quantitative estimate of drug-likeness (QED) is 0.778. The van der Waals surface area contributed by atoms with E-state index in [1.54, 1.807) is 6.07 Å². The topological polar surface area (TPSA) is 24.9 Å². The van der Waals surface area contributed by atoms with Gasteiger partial charge in [0.15, 0.2) is 11.6 Å². The van der Waals surface area contributed by atoms with Crippen molar-refractivity contribution in [2.24, 2.45) is 0 Å². The highest BCUT2D eigenvalue weighted by Crippen LogP contribution is 2.21. The average Bonchev–Trinajstić information content (AvgIpc) is 2.46. The standard InChI is InChI=1S/C16H11F3N2/c17-11-7-13(18)16(14(19)8-11)20-9-12-6-5-10-3-1-2-4-15(10)21-12/h1-8,20H,9H2. The second kappa shape index (κ2) is 5.44. The van der Waals surface area contributed by atoms with Crippen molar-refractivity contribution < 1.29 is 13.2 Å². The number of fused-ring (bicyclic) bond motifs is 1. The third kappa shape index (κ3) is 2.81. The highest BCUT2D eigenvalue weighted by molar-refractivity contribution is 5.78. The van der Waals surface area contributed by atoms with E-state index in [2.05, 4.69) is 10.3 Å². The van der Waals surface area contributed by atoms with Crippen LogP contribution in [0.25, 0.3) is 10.9 Å². The van der Waals surface area contributed by atoms with Crippen molar-refractivity contribution in [1.82, 2.24) is 4.98 Å². The minimum Gasteiger partial charge on any atom is -0.375 e. The summed E-state index contributed by atoms with van der Waals surface area (Å²) in [6, 6.07) is 12.5. The molecule has 0 unspecified atom stereocenters. The van der Waals surface area contributed by atoms with Crippen molar-refractivity contribution in [1.29, 1.82) is 0 Å². The van der Waals surface area contributed by atoms with Crippen molar-refractivity contribution in [3.05, 3.63) is 71.7 Å². The summed E-state index contributed by atoms with van der Waals surface area (Å²) in [5.74, 6) is -2.87. The highest BCUT2D eigenvalue weighted by Gasteiger charge is 2.11. The zero-order chi connectivity index (χ0) is 14.8. The minimum absolute atomic E-state index is 0.143. The van der Waals surface area contributed by atoms with Gasteiger partial charge in [0.05, 0.1) is 17.8 Å². The Labute approximate surface area is 119 Å². The molecule has 21 heavy (non-hydrogen) atoms. The van der Waals surface area contributed by atoms with Crippen molar-refractivity contribution in [3.8, 4) is 0 Å². The third-order valence-corrected chi connectivity index (χ3v) is 3.11. The van der Waals surface area contributed by atoms with Crippen LogP contribution in [0.15, 0.2) is 48.5 Å². The maximum atomic E-state index is 13.5. The van der Waals surface area contributed by atoms with E-state index in [-0.39, 0.29) is 12.2 Å². The summed E-state index contributed by atoms with van der Waals surface area (Å²) in [5, 5.41) is 3.60. The van der Waals surface area contributed by atoms with E-state index in [1.165, 1.54) is 0 Å². The van der Waals surface area contributed by atoms with Gasteiger partial charge in [0.25, 0.3) is 0 Å². The van der Waals surface area contributed by atoms with Gasteiger partial charge in [-0.25, -0.2) is 13.2 Å². The molecule has 3 rings (SSSR count). The number of nitrogens with zero attached hydrogens (tertiary/aromatic N) is 1. The van der Waals surface area contributed by atoms with Gasteiger partial charge in [0.2, 0.25) is 0 Å². The molecule has 3 aromatic rings. The van der Waals surface area contributed by atoms with Crippen LogP contribution in [0.2, 0.25) is 0 Å². The van der Waals surface area contributed by atoms with Crippen LogP contribution in [-0.4, -0.2) is 4.98 Å². The fourth-order valence-corrected chi connectivity index (χ4v) is 2.10. The van der Waals surface area contributed by atoms with Crippen LogP contribution in [0.4, 0.5) is 18.9 Å². The number of benzene rings is 2. The maximum Gasteiger partial charge on any atom is 0.152 e. The molecule has 0 bridgehead atoms. The Bertz CT molecular complexity index is 779. The number of halogens is 3. The number of hydrogen-bond donors (Lipinski definition) is 1. The number of para-hydroxylation sites is 1. The average molecular weight is 288 g/mol. The normalized spacial score (nSPS) is 10.8. The molecule has 106 valence electrons. The third-order valence-electron chi connectivity index (χ3n) is 3.11. The first kappa shape index (κ1) is 13.4. The molecule has 1 N–H and O–H groups in total. The van der Waals surface area contributed by atoms with Gasteiger partial charge in [-0.15, -0.1) is 0 Å². The summed E-state index contributed by atoms with van der Waals surface area (Å²) in [4.78, 5) is 4.39. The Kier molecular flexibility index (Phi) is 3.48. The molecule has 0 saturated heterocycles. The number of nitrogens with one attached hydrogen (secondary N) is 1. The molecule has 0 aliphatic carbocycles. The molecule has 5 heteroatoms. The summed E-state index contributed by atoms with van der Waals surface area (Å²) < 4.78 is 39.8. The lowest BCUT2D eigenvalue weighted by molar-refractivity contribution is 0.547. The molecular weight excluding hydrogens is 277 g/mol. The number of rotatable bonds is 3. The smallest absolute Gasteiger partial charge is 0.152 e. The van der Waals surface area contributed by atoms with E-state index in [0.29, 0.717) is 17.8 Å². The first-order valence-electron chi connectivity index (χ1n) is 6.36. The zero-order valence-corrected chi connectivity index (χ0v) is 10.9. The molecule has 0 aliphatic rings. The van der Waals surface area contributed by atoms with Gasteiger partial charge in [0, 0.05) is 17.5 Å². The first-order chi connectivity index (χ1) is 10.1. The molecule has 2 nitrogen and oxygen atoms in total. The van der Waals surface area contributed by atoms with E-state index in [4.69, 9.17) is 0 Å². The van der Waals surface area contributed by atoms with Gasteiger partial charge in [0.1, 0.15) is 11.5 Å². The van der Waals surface area contributed by atoms with E-state index >= 15 is 0 Å². The molecule has 2 aromatic carbocycles. The second-order valence-electron chi connectivity index (χ2n) is 4.59. The number of pyridine rings is 1. The van der Waals surface area contributed by atoms with Gasteiger partial charge in [-0.3, -0.25) is 4.98 Å². The molecule has 0 amide bonds. The summed E-state index contributed by atoms with van der Waals surface area (Å²) in [5.41, 5.74) is 1.08. The number of anilines is 1. The molecule has 0 saturated carbocycles. The second-order valence-corrected chi connectivity index (χ2v) is 4.59. The maximum absolute atomic E-state index is 13.5. The van der Waals surface area contributed by atoms with Crippen LogP contribution >= 0.6 is 0 Å². The predicted octanol–water partition coefficient (Wildman–Crippen LogP) is 4.26. The Morgan fingerprint density at radius 3 is 2.38 bits per heavy atom. The molecule has 1 aromatic heterocycles. The lowest BCUT2D eigenvalue weighted by atomic mass is 10.2. The Morgan fingerprint density at radius 2 is 1.62 bits per heavy atom.